The third-order valence-corrected chi connectivity index (χ3v) is 3.44. The van der Waals surface area contributed by atoms with Crippen molar-refractivity contribution in [2.45, 2.75) is 38.8 Å². The van der Waals surface area contributed by atoms with Crippen molar-refractivity contribution in [3.05, 3.63) is 35.6 Å². The maximum atomic E-state index is 13.0. The minimum Gasteiger partial charge on any atom is -0.383 e. The molecule has 3 N–H and O–H groups in total. The summed E-state index contributed by atoms with van der Waals surface area (Å²) in [6.07, 6.45) is 1.95. The molecule has 0 saturated carbocycles. The molecule has 0 saturated heterocycles. The number of hydrogen-bond acceptors (Lipinski definition) is 3. The standard InChI is InChI=1S/C16H27FN2O/c1-12(2)16(13-6-8-14(17)9-7-13)19-15(11-20-3)5-4-10-18/h6-9,12,15-16,19H,4-5,10-11,18H2,1-3H3. The minimum absolute atomic E-state index is 0.188. The van der Waals surface area contributed by atoms with Gasteiger partial charge in [-0.25, -0.2) is 4.39 Å². The van der Waals surface area contributed by atoms with Gasteiger partial charge in [-0.05, 0) is 43.0 Å². The van der Waals surface area contributed by atoms with Crippen molar-refractivity contribution in [1.82, 2.24) is 5.32 Å². The zero-order valence-electron chi connectivity index (χ0n) is 12.7. The summed E-state index contributed by atoms with van der Waals surface area (Å²) in [5, 5.41) is 3.62. The maximum Gasteiger partial charge on any atom is 0.123 e. The van der Waals surface area contributed by atoms with Crippen LogP contribution in [0.2, 0.25) is 0 Å². The number of halogens is 1. The summed E-state index contributed by atoms with van der Waals surface area (Å²) in [5.41, 5.74) is 6.69. The molecule has 20 heavy (non-hydrogen) atoms. The van der Waals surface area contributed by atoms with E-state index in [4.69, 9.17) is 10.5 Å². The number of hydrogen-bond donors (Lipinski definition) is 2. The number of nitrogens with two attached hydrogens (primary N) is 1. The highest BCUT2D eigenvalue weighted by molar-refractivity contribution is 5.20. The molecule has 0 amide bonds. The smallest absolute Gasteiger partial charge is 0.123 e. The van der Waals surface area contributed by atoms with Gasteiger partial charge in [0, 0.05) is 19.2 Å². The summed E-state index contributed by atoms with van der Waals surface area (Å²) >= 11 is 0. The first-order chi connectivity index (χ1) is 9.58. The van der Waals surface area contributed by atoms with Gasteiger partial charge in [0.1, 0.15) is 5.82 Å². The largest absolute Gasteiger partial charge is 0.383 e. The van der Waals surface area contributed by atoms with Gasteiger partial charge in [0.15, 0.2) is 0 Å². The Hall–Kier alpha value is -0.970. The van der Waals surface area contributed by atoms with Crippen LogP contribution in [0.5, 0.6) is 0 Å². The third-order valence-electron chi connectivity index (χ3n) is 3.44. The Labute approximate surface area is 121 Å². The van der Waals surface area contributed by atoms with Crippen LogP contribution in [-0.4, -0.2) is 26.3 Å². The van der Waals surface area contributed by atoms with Crippen LogP contribution >= 0.6 is 0 Å². The van der Waals surface area contributed by atoms with Crippen LogP contribution in [0.1, 0.15) is 38.3 Å². The predicted molar refractivity (Wildman–Crippen MR) is 81.1 cm³/mol. The van der Waals surface area contributed by atoms with Gasteiger partial charge in [0.25, 0.3) is 0 Å². The van der Waals surface area contributed by atoms with E-state index in [1.807, 2.05) is 12.1 Å². The molecule has 0 bridgehead atoms. The van der Waals surface area contributed by atoms with Crippen LogP contribution in [0.3, 0.4) is 0 Å². The molecule has 0 aromatic heterocycles. The average Bonchev–Trinajstić information content (AvgIpc) is 2.42. The van der Waals surface area contributed by atoms with Gasteiger partial charge in [-0.15, -0.1) is 0 Å². The summed E-state index contributed by atoms with van der Waals surface area (Å²) in [6.45, 7) is 5.66. The summed E-state index contributed by atoms with van der Waals surface area (Å²) in [5.74, 6) is 0.213. The highest BCUT2D eigenvalue weighted by Gasteiger charge is 2.20. The molecule has 0 radical (unpaired) electrons. The highest BCUT2D eigenvalue weighted by atomic mass is 19.1. The van der Waals surface area contributed by atoms with Crippen molar-refractivity contribution in [3.63, 3.8) is 0 Å². The van der Waals surface area contributed by atoms with E-state index in [2.05, 4.69) is 19.2 Å². The topological polar surface area (TPSA) is 47.3 Å². The first-order valence-electron chi connectivity index (χ1n) is 7.29. The Balaban J connectivity index is 2.76. The summed E-state index contributed by atoms with van der Waals surface area (Å²) in [7, 11) is 1.71. The lowest BCUT2D eigenvalue weighted by Gasteiger charge is -2.28. The van der Waals surface area contributed by atoms with Gasteiger partial charge in [-0.3, -0.25) is 0 Å². The quantitative estimate of drug-likeness (QED) is 0.732. The molecular weight excluding hydrogens is 255 g/mol. The fourth-order valence-corrected chi connectivity index (χ4v) is 2.38. The molecule has 3 nitrogen and oxygen atoms in total. The van der Waals surface area contributed by atoms with Crippen molar-refractivity contribution in [2.24, 2.45) is 11.7 Å². The van der Waals surface area contributed by atoms with Crippen LogP contribution < -0.4 is 11.1 Å². The molecule has 1 aromatic rings. The van der Waals surface area contributed by atoms with Gasteiger partial charge in [0.05, 0.1) is 6.61 Å². The zero-order valence-corrected chi connectivity index (χ0v) is 12.7. The minimum atomic E-state index is -0.201. The Morgan fingerprint density at radius 2 is 1.90 bits per heavy atom. The lowest BCUT2D eigenvalue weighted by atomic mass is 9.94. The van der Waals surface area contributed by atoms with E-state index in [-0.39, 0.29) is 17.9 Å². The first-order valence-corrected chi connectivity index (χ1v) is 7.29. The number of benzene rings is 1. The Kier molecular flexibility index (Phi) is 7.73. The molecule has 0 aliphatic rings. The van der Waals surface area contributed by atoms with E-state index in [1.54, 1.807) is 7.11 Å². The van der Waals surface area contributed by atoms with Gasteiger partial charge < -0.3 is 15.8 Å². The summed E-state index contributed by atoms with van der Waals surface area (Å²) < 4.78 is 18.3. The third kappa shape index (κ3) is 5.57. The second-order valence-corrected chi connectivity index (χ2v) is 5.52. The molecule has 1 aromatic carbocycles. The molecule has 0 aliphatic carbocycles. The number of nitrogens with one attached hydrogen (secondary N) is 1. The van der Waals surface area contributed by atoms with Crippen molar-refractivity contribution < 1.29 is 9.13 Å². The fraction of sp³-hybridized carbons (Fsp3) is 0.625. The van der Waals surface area contributed by atoms with Gasteiger partial charge in [-0.2, -0.15) is 0 Å². The summed E-state index contributed by atoms with van der Waals surface area (Å²) in [4.78, 5) is 0. The van der Waals surface area contributed by atoms with Gasteiger partial charge >= 0.3 is 0 Å². The predicted octanol–water partition coefficient (Wildman–Crippen LogP) is 2.87. The van der Waals surface area contributed by atoms with E-state index >= 15 is 0 Å². The number of rotatable bonds is 9. The van der Waals surface area contributed by atoms with Crippen LogP contribution in [0, 0.1) is 11.7 Å². The van der Waals surface area contributed by atoms with Gasteiger partial charge in [0.2, 0.25) is 0 Å². The molecule has 0 fully saturated rings. The molecular formula is C16H27FN2O. The monoisotopic (exact) mass is 282 g/mol. The lowest BCUT2D eigenvalue weighted by Crippen LogP contribution is -2.38. The SMILES string of the molecule is COCC(CCCN)NC(c1ccc(F)cc1)C(C)C. The lowest BCUT2D eigenvalue weighted by molar-refractivity contribution is 0.150. The fourth-order valence-electron chi connectivity index (χ4n) is 2.38. The molecule has 2 atom stereocenters. The second kappa shape index (κ2) is 9.06. The molecule has 1 rings (SSSR count). The maximum absolute atomic E-state index is 13.0. The number of methoxy groups -OCH3 is 1. The summed E-state index contributed by atoms with van der Waals surface area (Å²) in [6, 6.07) is 7.17. The van der Waals surface area contributed by atoms with Gasteiger partial charge in [-0.1, -0.05) is 26.0 Å². The zero-order chi connectivity index (χ0) is 15.0. The van der Waals surface area contributed by atoms with Crippen molar-refractivity contribution >= 4 is 0 Å². The molecule has 0 spiro atoms. The van der Waals surface area contributed by atoms with Crippen molar-refractivity contribution in [3.8, 4) is 0 Å². The first kappa shape index (κ1) is 17.1. The van der Waals surface area contributed by atoms with Crippen LogP contribution in [-0.2, 0) is 4.74 Å². The Morgan fingerprint density at radius 1 is 1.25 bits per heavy atom. The normalized spacial score (nSPS) is 14.5. The van der Waals surface area contributed by atoms with Crippen LogP contribution in [0.25, 0.3) is 0 Å². The highest BCUT2D eigenvalue weighted by Crippen LogP contribution is 2.23. The van der Waals surface area contributed by atoms with E-state index < -0.39 is 0 Å². The average molecular weight is 282 g/mol. The molecule has 114 valence electrons. The van der Waals surface area contributed by atoms with E-state index in [9.17, 15) is 4.39 Å². The molecule has 4 heteroatoms. The number of ether oxygens (including phenoxy) is 1. The van der Waals surface area contributed by atoms with Crippen molar-refractivity contribution in [2.75, 3.05) is 20.3 Å². The van der Waals surface area contributed by atoms with E-state index in [0.717, 1.165) is 18.4 Å². The molecule has 2 unspecified atom stereocenters. The van der Waals surface area contributed by atoms with E-state index in [0.29, 0.717) is 19.1 Å². The van der Waals surface area contributed by atoms with Crippen molar-refractivity contribution in [1.29, 1.82) is 0 Å². The Morgan fingerprint density at radius 3 is 2.40 bits per heavy atom. The molecule has 0 aliphatic heterocycles. The molecule has 0 heterocycles. The van der Waals surface area contributed by atoms with Crippen LogP contribution in [0.4, 0.5) is 4.39 Å². The van der Waals surface area contributed by atoms with E-state index in [1.165, 1.54) is 12.1 Å². The Bertz CT molecular complexity index is 367. The second-order valence-electron chi connectivity index (χ2n) is 5.52. The van der Waals surface area contributed by atoms with Crippen LogP contribution in [0.15, 0.2) is 24.3 Å².